The van der Waals surface area contributed by atoms with E-state index in [1.807, 2.05) is 49.4 Å². The number of halogens is 1. The first-order chi connectivity index (χ1) is 12.1. The molecule has 0 unspecified atom stereocenters. The second-order valence-electron chi connectivity index (χ2n) is 6.49. The van der Waals surface area contributed by atoms with Crippen molar-refractivity contribution >= 4 is 23.2 Å². The molecule has 4 nitrogen and oxygen atoms in total. The summed E-state index contributed by atoms with van der Waals surface area (Å²) in [5, 5.41) is 7.83. The highest BCUT2D eigenvalue weighted by Gasteiger charge is 2.53. The number of aryl methyl sites for hydroxylation is 1. The third kappa shape index (κ3) is 3.05. The lowest BCUT2D eigenvalue weighted by molar-refractivity contribution is -0.118. The Morgan fingerprint density at radius 2 is 1.92 bits per heavy atom. The van der Waals surface area contributed by atoms with Gasteiger partial charge in [0.15, 0.2) is 5.76 Å². The maximum Gasteiger partial charge on any atom is 0.236 e. The SMILES string of the molecule is Cc1cccc(NC(=O)C2(c3cc(-c4ccc(Cl)cc4)on3)CC2)c1. The van der Waals surface area contributed by atoms with Crippen LogP contribution in [-0.2, 0) is 10.2 Å². The van der Waals surface area contributed by atoms with E-state index in [0.717, 1.165) is 29.7 Å². The van der Waals surface area contributed by atoms with Crippen molar-refractivity contribution in [1.82, 2.24) is 5.16 Å². The molecule has 126 valence electrons. The summed E-state index contributed by atoms with van der Waals surface area (Å²) in [6.07, 6.45) is 1.55. The summed E-state index contributed by atoms with van der Waals surface area (Å²) in [6.45, 7) is 2.00. The topological polar surface area (TPSA) is 55.1 Å². The summed E-state index contributed by atoms with van der Waals surface area (Å²) < 4.78 is 5.46. The van der Waals surface area contributed by atoms with Crippen LogP contribution in [0.3, 0.4) is 0 Å². The summed E-state index contributed by atoms with van der Waals surface area (Å²) in [6, 6.07) is 17.0. The number of carbonyl (C=O) groups excluding carboxylic acids is 1. The second-order valence-corrected chi connectivity index (χ2v) is 6.93. The minimum Gasteiger partial charge on any atom is -0.356 e. The molecule has 1 aliphatic rings. The molecule has 25 heavy (non-hydrogen) atoms. The number of nitrogens with zero attached hydrogens (tertiary/aromatic N) is 1. The highest BCUT2D eigenvalue weighted by atomic mass is 35.5. The van der Waals surface area contributed by atoms with Crippen LogP contribution in [0.4, 0.5) is 5.69 Å². The first-order valence-corrected chi connectivity index (χ1v) is 8.56. The number of hydrogen-bond donors (Lipinski definition) is 1. The van der Waals surface area contributed by atoms with Crippen molar-refractivity contribution < 1.29 is 9.32 Å². The van der Waals surface area contributed by atoms with E-state index < -0.39 is 5.41 Å². The Morgan fingerprint density at radius 1 is 1.16 bits per heavy atom. The van der Waals surface area contributed by atoms with Crippen molar-refractivity contribution in [3.05, 3.63) is 70.9 Å². The number of carbonyl (C=O) groups is 1. The lowest BCUT2D eigenvalue weighted by Crippen LogP contribution is -2.28. The predicted octanol–water partition coefficient (Wildman–Crippen LogP) is 4.97. The molecule has 1 aliphatic carbocycles. The molecule has 3 aromatic rings. The molecule has 1 amide bonds. The quantitative estimate of drug-likeness (QED) is 0.720. The average Bonchev–Trinajstić information content (AvgIpc) is 3.26. The maximum atomic E-state index is 12.8. The number of rotatable bonds is 4. The van der Waals surface area contributed by atoms with Crippen molar-refractivity contribution in [2.24, 2.45) is 0 Å². The number of amides is 1. The van der Waals surface area contributed by atoms with Gasteiger partial charge in [-0.3, -0.25) is 4.79 Å². The van der Waals surface area contributed by atoms with Gasteiger partial charge < -0.3 is 9.84 Å². The van der Waals surface area contributed by atoms with E-state index in [-0.39, 0.29) is 5.91 Å². The van der Waals surface area contributed by atoms with Crippen LogP contribution in [0, 0.1) is 6.92 Å². The Balaban J connectivity index is 1.57. The van der Waals surface area contributed by atoms with Crippen molar-refractivity contribution in [2.75, 3.05) is 5.32 Å². The van der Waals surface area contributed by atoms with Gasteiger partial charge in [0.25, 0.3) is 0 Å². The Labute approximate surface area is 150 Å². The average molecular weight is 353 g/mol. The van der Waals surface area contributed by atoms with Gasteiger partial charge in [0.05, 0.1) is 11.1 Å². The fraction of sp³-hybridized carbons (Fsp3) is 0.200. The summed E-state index contributed by atoms with van der Waals surface area (Å²) in [7, 11) is 0. The van der Waals surface area contributed by atoms with Gasteiger partial charge in [0.1, 0.15) is 0 Å². The second kappa shape index (κ2) is 6.05. The first-order valence-electron chi connectivity index (χ1n) is 8.18. The lowest BCUT2D eigenvalue weighted by atomic mass is 10.00. The number of nitrogens with one attached hydrogen (secondary N) is 1. The molecule has 1 saturated carbocycles. The van der Waals surface area contributed by atoms with Gasteiger partial charge in [-0.25, -0.2) is 0 Å². The molecule has 0 spiro atoms. The lowest BCUT2D eigenvalue weighted by Gasteiger charge is -2.12. The van der Waals surface area contributed by atoms with Gasteiger partial charge in [-0.15, -0.1) is 0 Å². The molecule has 0 aliphatic heterocycles. The van der Waals surface area contributed by atoms with Crippen molar-refractivity contribution in [3.63, 3.8) is 0 Å². The van der Waals surface area contributed by atoms with Gasteiger partial charge in [0.2, 0.25) is 5.91 Å². The van der Waals surface area contributed by atoms with Crippen LogP contribution in [0.2, 0.25) is 5.02 Å². The minimum absolute atomic E-state index is 0.0333. The van der Waals surface area contributed by atoms with Gasteiger partial charge >= 0.3 is 0 Å². The summed E-state index contributed by atoms with van der Waals surface area (Å²) in [5.74, 6) is 0.607. The third-order valence-corrected chi connectivity index (χ3v) is 4.84. The van der Waals surface area contributed by atoms with Crippen LogP contribution in [0.15, 0.2) is 59.1 Å². The summed E-state index contributed by atoms with van der Waals surface area (Å²) in [4.78, 5) is 12.8. The number of hydrogen-bond acceptors (Lipinski definition) is 3. The fourth-order valence-corrected chi connectivity index (χ4v) is 3.08. The van der Waals surface area contributed by atoms with E-state index in [0.29, 0.717) is 16.5 Å². The first kappa shape index (κ1) is 15.9. The van der Waals surface area contributed by atoms with Crippen molar-refractivity contribution in [2.45, 2.75) is 25.2 Å². The Bertz CT molecular complexity index is 927. The molecule has 0 bridgehead atoms. The molecule has 1 heterocycles. The van der Waals surface area contributed by atoms with Gasteiger partial charge in [-0.1, -0.05) is 28.9 Å². The van der Waals surface area contributed by atoms with Crippen molar-refractivity contribution in [3.8, 4) is 11.3 Å². The van der Waals surface area contributed by atoms with Crippen LogP contribution >= 0.6 is 11.6 Å². The standard InChI is InChI=1S/C20H17ClN2O2/c1-13-3-2-4-16(11-13)22-19(24)20(9-10-20)18-12-17(25-23-18)14-5-7-15(21)8-6-14/h2-8,11-12H,9-10H2,1H3,(H,22,24). The van der Waals surface area contributed by atoms with Gasteiger partial charge in [-0.05, 0) is 61.7 Å². The summed E-state index contributed by atoms with van der Waals surface area (Å²) >= 11 is 5.92. The van der Waals surface area contributed by atoms with E-state index >= 15 is 0 Å². The minimum atomic E-state index is -0.585. The zero-order valence-corrected chi connectivity index (χ0v) is 14.5. The van der Waals surface area contributed by atoms with E-state index in [9.17, 15) is 4.79 Å². The fourth-order valence-electron chi connectivity index (χ4n) is 2.95. The Kier molecular flexibility index (Phi) is 3.85. The maximum absolute atomic E-state index is 12.8. The van der Waals surface area contributed by atoms with Crippen LogP contribution in [-0.4, -0.2) is 11.1 Å². The number of anilines is 1. The Morgan fingerprint density at radius 3 is 2.60 bits per heavy atom. The Hall–Kier alpha value is -2.59. The normalized spacial score (nSPS) is 15.0. The van der Waals surface area contributed by atoms with E-state index in [4.69, 9.17) is 16.1 Å². The number of benzene rings is 2. The molecule has 1 fully saturated rings. The molecule has 4 rings (SSSR count). The zero-order chi connectivity index (χ0) is 17.4. The third-order valence-electron chi connectivity index (χ3n) is 4.59. The van der Waals surface area contributed by atoms with E-state index in [1.54, 1.807) is 12.1 Å². The molecule has 2 aromatic carbocycles. The van der Waals surface area contributed by atoms with Crippen LogP contribution in [0.25, 0.3) is 11.3 Å². The molecule has 5 heteroatoms. The largest absolute Gasteiger partial charge is 0.356 e. The summed E-state index contributed by atoms with van der Waals surface area (Å²) in [5.41, 5.74) is 2.89. The van der Waals surface area contributed by atoms with Gasteiger partial charge in [-0.2, -0.15) is 0 Å². The number of aromatic nitrogens is 1. The van der Waals surface area contributed by atoms with Crippen LogP contribution in [0.1, 0.15) is 24.1 Å². The molecule has 0 radical (unpaired) electrons. The molecule has 0 saturated heterocycles. The molecular weight excluding hydrogens is 336 g/mol. The highest BCUT2D eigenvalue weighted by molar-refractivity contribution is 6.30. The molecule has 0 atom stereocenters. The van der Waals surface area contributed by atoms with Crippen molar-refractivity contribution in [1.29, 1.82) is 0 Å². The predicted molar refractivity (Wildman–Crippen MR) is 97.7 cm³/mol. The molecule has 1 N–H and O–H groups in total. The monoisotopic (exact) mass is 352 g/mol. The zero-order valence-electron chi connectivity index (χ0n) is 13.8. The molecule has 1 aromatic heterocycles. The van der Waals surface area contributed by atoms with Crippen LogP contribution < -0.4 is 5.32 Å². The van der Waals surface area contributed by atoms with Gasteiger partial charge in [0, 0.05) is 22.3 Å². The van der Waals surface area contributed by atoms with E-state index in [1.165, 1.54) is 0 Å². The highest BCUT2D eigenvalue weighted by Crippen LogP contribution is 2.49. The van der Waals surface area contributed by atoms with Crippen LogP contribution in [0.5, 0.6) is 0 Å². The molecular formula is C20H17ClN2O2. The van der Waals surface area contributed by atoms with E-state index in [2.05, 4.69) is 10.5 Å². The smallest absolute Gasteiger partial charge is 0.236 e.